The summed E-state index contributed by atoms with van der Waals surface area (Å²) < 4.78 is 11.2. The number of ether oxygens (including phenoxy) is 2. The van der Waals surface area contributed by atoms with Crippen molar-refractivity contribution in [1.82, 2.24) is 14.8 Å². The Kier molecular flexibility index (Phi) is 6.25. The maximum Gasteiger partial charge on any atom is 0.263 e. The second-order valence-corrected chi connectivity index (χ2v) is 7.93. The predicted octanol–water partition coefficient (Wildman–Crippen LogP) is 3.38. The van der Waals surface area contributed by atoms with Crippen molar-refractivity contribution in [2.45, 2.75) is 26.0 Å². The quantitative estimate of drug-likeness (QED) is 0.617. The molecule has 0 bridgehead atoms. The van der Waals surface area contributed by atoms with Crippen molar-refractivity contribution < 1.29 is 19.1 Å². The average molecular weight is 434 g/mol. The molecule has 2 aromatic carbocycles. The van der Waals surface area contributed by atoms with Gasteiger partial charge in [0.2, 0.25) is 5.88 Å². The number of fused-ring (bicyclic) bond motifs is 1. The van der Waals surface area contributed by atoms with E-state index in [4.69, 9.17) is 9.47 Å². The van der Waals surface area contributed by atoms with Gasteiger partial charge in [0.25, 0.3) is 11.8 Å². The predicted molar refractivity (Wildman–Crippen MR) is 122 cm³/mol. The fraction of sp³-hybridized carbons (Fsp3) is 0.320. The molecular formula is C25H27N3O4. The first kappa shape index (κ1) is 21.6. The number of pyridine rings is 1. The van der Waals surface area contributed by atoms with Gasteiger partial charge < -0.3 is 19.3 Å². The smallest absolute Gasteiger partial charge is 0.263 e. The van der Waals surface area contributed by atoms with Crippen LogP contribution in [0, 0.1) is 0 Å². The Hall–Kier alpha value is -3.61. The van der Waals surface area contributed by atoms with Crippen LogP contribution < -0.4 is 9.47 Å². The molecule has 0 radical (unpaired) electrons. The number of rotatable bonds is 5. The Morgan fingerprint density at radius 3 is 2.53 bits per heavy atom. The fourth-order valence-electron chi connectivity index (χ4n) is 4.03. The monoisotopic (exact) mass is 433 g/mol. The number of hydrogen-bond donors (Lipinski definition) is 0. The van der Waals surface area contributed by atoms with Crippen molar-refractivity contribution in [1.29, 1.82) is 0 Å². The molecule has 3 aromatic rings. The van der Waals surface area contributed by atoms with Gasteiger partial charge in [0, 0.05) is 42.7 Å². The molecule has 166 valence electrons. The van der Waals surface area contributed by atoms with Crippen LogP contribution in [0.15, 0.2) is 60.7 Å². The van der Waals surface area contributed by atoms with Crippen molar-refractivity contribution >= 4 is 22.7 Å². The van der Waals surface area contributed by atoms with Crippen LogP contribution >= 0.6 is 0 Å². The third-order valence-electron chi connectivity index (χ3n) is 5.75. The van der Waals surface area contributed by atoms with Crippen molar-refractivity contribution in [3.63, 3.8) is 0 Å². The van der Waals surface area contributed by atoms with Crippen molar-refractivity contribution in [3.05, 3.63) is 66.2 Å². The van der Waals surface area contributed by atoms with Crippen LogP contribution in [-0.2, 0) is 4.79 Å². The van der Waals surface area contributed by atoms with Crippen molar-refractivity contribution in [2.75, 3.05) is 26.7 Å². The van der Waals surface area contributed by atoms with Gasteiger partial charge in [-0.25, -0.2) is 4.98 Å². The molecule has 1 aliphatic heterocycles. The van der Waals surface area contributed by atoms with Gasteiger partial charge in [-0.1, -0.05) is 24.3 Å². The molecule has 7 heteroatoms. The highest BCUT2D eigenvalue weighted by atomic mass is 16.5. The highest BCUT2D eigenvalue weighted by molar-refractivity contribution is 5.94. The zero-order chi connectivity index (χ0) is 22.7. The van der Waals surface area contributed by atoms with Gasteiger partial charge in [-0.3, -0.25) is 9.59 Å². The molecule has 2 amide bonds. The van der Waals surface area contributed by atoms with Crippen LogP contribution in [0.1, 0.15) is 24.2 Å². The van der Waals surface area contributed by atoms with E-state index in [-0.39, 0.29) is 17.9 Å². The van der Waals surface area contributed by atoms with E-state index in [9.17, 15) is 9.59 Å². The van der Waals surface area contributed by atoms with Gasteiger partial charge in [-0.05, 0) is 44.2 Å². The molecule has 1 aliphatic rings. The number of carbonyl (C=O) groups is 2. The van der Waals surface area contributed by atoms with Crippen molar-refractivity contribution in [3.8, 4) is 11.6 Å². The third-order valence-corrected chi connectivity index (χ3v) is 5.75. The van der Waals surface area contributed by atoms with Crippen molar-refractivity contribution in [2.24, 2.45) is 0 Å². The molecular weight excluding hydrogens is 406 g/mol. The molecule has 0 saturated carbocycles. The molecule has 1 saturated heterocycles. The fourth-order valence-corrected chi connectivity index (χ4v) is 4.03. The number of carbonyl (C=O) groups excluding carboxylic acids is 2. The average Bonchev–Trinajstić information content (AvgIpc) is 2.83. The molecule has 0 N–H and O–H groups in total. The molecule has 4 rings (SSSR count). The molecule has 1 fully saturated rings. The molecule has 0 aliphatic carbocycles. The molecule has 1 aromatic heterocycles. The minimum Gasteiger partial charge on any atom is -0.481 e. The largest absolute Gasteiger partial charge is 0.481 e. The summed E-state index contributed by atoms with van der Waals surface area (Å²) in [7, 11) is 1.57. The summed E-state index contributed by atoms with van der Waals surface area (Å²) >= 11 is 0. The second kappa shape index (κ2) is 9.26. The van der Waals surface area contributed by atoms with Gasteiger partial charge >= 0.3 is 0 Å². The molecule has 2 heterocycles. The van der Waals surface area contributed by atoms with Gasteiger partial charge in [-0.2, -0.15) is 0 Å². The Morgan fingerprint density at radius 2 is 1.81 bits per heavy atom. The molecule has 7 nitrogen and oxygen atoms in total. The Bertz CT molecular complexity index is 1120. The first-order valence-electron chi connectivity index (χ1n) is 10.7. The van der Waals surface area contributed by atoms with Gasteiger partial charge in [0.1, 0.15) is 5.75 Å². The lowest BCUT2D eigenvalue weighted by atomic mass is 10.1. The normalized spacial score (nSPS) is 17.2. The van der Waals surface area contributed by atoms with E-state index in [0.717, 1.165) is 10.9 Å². The highest BCUT2D eigenvalue weighted by Gasteiger charge is 2.33. The van der Waals surface area contributed by atoms with Crippen LogP contribution in [-0.4, -0.2) is 65.5 Å². The Labute approximate surface area is 187 Å². The van der Waals surface area contributed by atoms with E-state index in [0.29, 0.717) is 36.8 Å². The zero-order valence-electron chi connectivity index (χ0n) is 18.5. The number of methoxy groups -OCH3 is 1. The maximum atomic E-state index is 13.2. The maximum absolute atomic E-state index is 13.2. The molecule has 0 spiro atoms. The van der Waals surface area contributed by atoms with E-state index in [1.54, 1.807) is 29.9 Å². The van der Waals surface area contributed by atoms with Gasteiger partial charge in [0.15, 0.2) is 6.10 Å². The standard InChI is InChI=1S/C25H27N3O4/c1-17-16-27(25(30)19-8-5-4-6-9-19)14-15-28(17)24(29)18(2)32-22-11-7-10-21-20(22)12-13-23(26-21)31-3/h4-13,17-18H,14-16H2,1-3H3/t17-,18?/m1/s1. The van der Waals surface area contributed by atoms with Crippen LogP contribution in [0.2, 0.25) is 0 Å². The van der Waals surface area contributed by atoms with Crippen LogP contribution in [0.4, 0.5) is 0 Å². The second-order valence-electron chi connectivity index (χ2n) is 7.93. The summed E-state index contributed by atoms with van der Waals surface area (Å²) in [6, 6.07) is 18.3. The number of aromatic nitrogens is 1. The van der Waals surface area contributed by atoms with E-state index in [2.05, 4.69) is 4.98 Å². The van der Waals surface area contributed by atoms with Crippen LogP contribution in [0.25, 0.3) is 10.9 Å². The number of hydrogen-bond acceptors (Lipinski definition) is 5. The summed E-state index contributed by atoms with van der Waals surface area (Å²) in [5.74, 6) is 1.02. The molecule has 32 heavy (non-hydrogen) atoms. The van der Waals surface area contributed by atoms with E-state index in [1.165, 1.54) is 0 Å². The minimum atomic E-state index is -0.665. The lowest BCUT2D eigenvalue weighted by molar-refractivity contribution is -0.142. The summed E-state index contributed by atoms with van der Waals surface area (Å²) in [6.07, 6.45) is -0.665. The van der Waals surface area contributed by atoms with E-state index in [1.807, 2.05) is 61.5 Å². The van der Waals surface area contributed by atoms with Gasteiger partial charge in [0.05, 0.1) is 12.6 Å². The zero-order valence-corrected chi connectivity index (χ0v) is 18.5. The lowest BCUT2D eigenvalue weighted by Crippen LogP contribution is -2.57. The first-order valence-corrected chi connectivity index (χ1v) is 10.7. The topological polar surface area (TPSA) is 72.0 Å². The molecule has 2 atom stereocenters. The Balaban J connectivity index is 1.42. The Morgan fingerprint density at radius 1 is 1.03 bits per heavy atom. The first-order chi connectivity index (χ1) is 15.5. The van der Waals surface area contributed by atoms with Gasteiger partial charge in [-0.15, -0.1) is 0 Å². The number of amides is 2. The SMILES string of the molecule is COc1ccc2c(OC(C)C(=O)N3CCN(C(=O)c4ccccc4)C[C@H]3C)cccc2n1. The summed E-state index contributed by atoms with van der Waals surface area (Å²) in [5.41, 5.74) is 1.40. The summed E-state index contributed by atoms with van der Waals surface area (Å²) in [6.45, 7) is 5.18. The van der Waals surface area contributed by atoms with E-state index < -0.39 is 6.10 Å². The minimum absolute atomic E-state index is 0.00692. The summed E-state index contributed by atoms with van der Waals surface area (Å²) in [5, 5.41) is 0.819. The number of nitrogens with zero attached hydrogens (tertiary/aromatic N) is 3. The summed E-state index contributed by atoms with van der Waals surface area (Å²) in [4.78, 5) is 33.9. The van der Waals surface area contributed by atoms with Crippen LogP contribution in [0.5, 0.6) is 11.6 Å². The number of benzene rings is 2. The lowest BCUT2D eigenvalue weighted by Gasteiger charge is -2.40. The van der Waals surface area contributed by atoms with E-state index >= 15 is 0 Å². The third kappa shape index (κ3) is 4.37. The molecule has 1 unspecified atom stereocenters. The highest BCUT2D eigenvalue weighted by Crippen LogP contribution is 2.27. The number of piperazine rings is 1. The van der Waals surface area contributed by atoms with Crippen LogP contribution in [0.3, 0.4) is 0 Å².